The number of Topliss-reactive ketones (excluding diaryl/α,β-unsaturated/α-hetero) is 2. The maximum absolute atomic E-state index is 12.8. The van der Waals surface area contributed by atoms with E-state index in [0.717, 1.165) is 12.1 Å². The van der Waals surface area contributed by atoms with Gasteiger partial charge in [-0.2, -0.15) is 0 Å². The molecule has 3 rings (SSSR count). The summed E-state index contributed by atoms with van der Waals surface area (Å²) in [5.74, 6) is -3.86. The number of phenols is 6. The molecule has 0 saturated carbocycles. The molecule has 3 aromatic rings. The van der Waals surface area contributed by atoms with Crippen LogP contribution in [0.25, 0.3) is 0 Å². The van der Waals surface area contributed by atoms with Crippen molar-refractivity contribution in [3.8, 4) is 34.5 Å². The van der Waals surface area contributed by atoms with Crippen molar-refractivity contribution in [3.63, 3.8) is 0 Å². The van der Waals surface area contributed by atoms with Gasteiger partial charge < -0.3 is 30.6 Å². The van der Waals surface area contributed by atoms with Gasteiger partial charge in [-0.15, -0.1) is 0 Å². The minimum atomic E-state index is -0.770. The second-order valence-corrected chi connectivity index (χ2v) is 7.10. The Hall–Kier alpha value is -4.20. The molecule has 0 saturated heterocycles. The van der Waals surface area contributed by atoms with Gasteiger partial charge in [0.25, 0.3) is 0 Å². The van der Waals surface area contributed by atoms with Crippen LogP contribution in [-0.4, -0.2) is 42.2 Å². The zero-order chi connectivity index (χ0) is 22.7. The molecular formula is C23H20O8. The molecule has 0 bridgehead atoms. The predicted molar refractivity (Wildman–Crippen MR) is 110 cm³/mol. The number of rotatable bonds is 7. The van der Waals surface area contributed by atoms with Gasteiger partial charge in [0.05, 0.1) is 11.1 Å². The molecule has 0 aliphatic heterocycles. The maximum atomic E-state index is 12.8. The van der Waals surface area contributed by atoms with Gasteiger partial charge in [0.2, 0.25) is 0 Å². The first kappa shape index (κ1) is 21.5. The van der Waals surface area contributed by atoms with Gasteiger partial charge in [-0.05, 0) is 47.9 Å². The van der Waals surface area contributed by atoms with E-state index in [1.165, 1.54) is 42.5 Å². The van der Waals surface area contributed by atoms with E-state index in [0.29, 0.717) is 5.56 Å². The van der Waals surface area contributed by atoms with Crippen LogP contribution >= 0.6 is 0 Å². The average Bonchev–Trinajstić information content (AvgIpc) is 2.69. The minimum absolute atomic E-state index is 0.0503. The third-order valence-electron chi connectivity index (χ3n) is 4.90. The number of benzene rings is 3. The van der Waals surface area contributed by atoms with E-state index >= 15 is 0 Å². The first-order valence-corrected chi connectivity index (χ1v) is 9.28. The molecule has 0 amide bonds. The molecule has 160 valence electrons. The molecule has 8 nitrogen and oxygen atoms in total. The average molecular weight is 424 g/mol. The summed E-state index contributed by atoms with van der Waals surface area (Å²) in [4.78, 5) is 25.6. The van der Waals surface area contributed by atoms with Gasteiger partial charge in [-0.25, -0.2) is 0 Å². The second kappa shape index (κ2) is 8.66. The Kier molecular flexibility index (Phi) is 6.01. The Morgan fingerprint density at radius 3 is 1.48 bits per heavy atom. The lowest BCUT2D eigenvalue weighted by atomic mass is 9.86. The second-order valence-electron chi connectivity index (χ2n) is 7.10. The van der Waals surface area contributed by atoms with Crippen LogP contribution < -0.4 is 0 Å². The van der Waals surface area contributed by atoms with Crippen molar-refractivity contribution in [1.29, 1.82) is 0 Å². The Morgan fingerprint density at radius 1 is 0.581 bits per heavy atom. The summed E-state index contributed by atoms with van der Waals surface area (Å²) < 4.78 is 0. The Balaban J connectivity index is 1.93. The standard InChI is InChI=1S/C23H20O8/c24-14-2-4-16(21(29)10-14)19(27)8-13(12-1-6-18(26)23(31)7-12)9-20(28)17-5-3-15(25)11-22(17)30/h1-7,10-11,13,24-26,29-31H,8-9H2. The van der Waals surface area contributed by atoms with E-state index in [2.05, 4.69) is 0 Å². The van der Waals surface area contributed by atoms with Crippen LogP contribution in [0.5, 0.6) is 34.5 Å². The van der Waals surface area contributed by atoms with E-state index < -0.39 is 34.7 Å². The molecule has 0 aliphatic rings. The highest BCUT2D eigenvalue weighted by Crippen LogP contribution is 2.35. The van der Waals surface area contributed by atoms with Crippen molar-refractivity contribution >= 4 is 11.6 Å². The number of carbonyl (C=O) groups excluding carboxylic acids is 2. The zero-order valence-corrected chi connectivity index (χ0v) is 16.2. The maximum Gasteiger partial charge on any atom is 0.167 e. The number of ketones is 2. The van der Waals surface area contributed by atoms with E-state index in [4.69, 9.17) is 0 Å². The van der Waals surface area contributed by atoms with Crippen LogP contribution in [0.1, 0.15) is 45.0 Å². The minimum Gasteiger partial charge on any atom is -0.508 e. The van der Waals surface area contributed by atoms with Crippen LogP contribution in [0.15, 0.2) is 54.6 Å². The highest BCUT2D eigenvalue weighted by atomic mass is 16.3. The third-order valence-corrected chi connectivity index (χ3v) is 4.90. The molecule has 0 radical (unpaired) electrons. The van der Waals surface area contributed by atoms with E-state index in [-0.39, 0.29) is 41.2 Å². The Labute approximate surface area is 176 Å². The van der Waals surface area contributed by atoms with Crippen LogP contribution in [0.3, 0.4) is 0 Å². The molecule has 0 unspecified atom stereocenters. The predicted octanol–water partition coefficient (Wildman–Crippen LogP) is 3.55. The fraction of sp³-hybridized carbons (Fsp3) is 0.130. The third kappa shape index (κ3) is 4.87. The van der Waals surface area contributed by atoms with Gasteiger partial charge in [-0.3, -0.25) is 9.59 Å². The van der Waals surface area contributed by atoms with Crippen molar-refractivity contribution in [1.82, 2.24) is 0 Å². The van der Waals surface area contributed by atoms with Crippen LogP contribution in [0.4, 0.5) is 0 Å². The lowest BCUT2D eigenvalue weighted by molar-refractivity contribution is 0.0942. The zero-order valence-electron chi connectivity index (χ0n) is 16.2. The van der Waals surface area contributed by atoms with Gasteiger partial charge in [0.15, 0.2) is 23.1 Å². The molecule has 3 aromatic carbocycles. The van der Waals surface area contributed by atoms with Crippen molar-refractivity contribution in [2.45, 2.75) is 18.8 Å². The van der Waals surface area contributed by atoms with Gasteiger partial charge >= 0.3 is 0 Å². The molecule has 0 spiro atoms. The molecular weight excluding hydrogens is 404 g/mol. The van der Waals surface area contributed by atoms with E-state index in [9.17, 15) is 40.2 Å². The molecule has 8 heteroatoms. The lowest BCUT2D eigenvalue weighted by Gasteiger charge is -2.18. The van der Waals surface area contributed by atoms with Crippen LogP contribution in [-0.2, 0) is 0 Å². The highest BCUT2D eigenvalue weighted by molar-refractivity contribution is 6.01. The Bertz CT molecular complexity index is 1090. The molecule has 0 aliphatic carbocycles. The molecule has 0 heterocycles. The summed E-state index contributed by atoms with van der Waals surface area (Å²) in [7, 11) is 0. The van der Waals surface area contributed by atoms with Crippen LogP contribution in [0.2, 0.25) is 0 Å². The van der Waals surface area contributed by atoms with Gasteiger partial charge in [-0.1, -0.05) is 6.07 Å². The summed E-state index contributed by atoms with van der Waals surface area (Å²) in [5.41, 5.74) is 0.282. The number of carbonyl (C=O) groups is 2. The molecule has 6 N–H and O–H groups in total. The fourth-order valence-corrected chi connectivity index (χ4v) is 3.28. The molecule has 31 heavy (non-hydrogen) atoms. The van der Waals surface area contributed by atoms with Gasteiger partial charge in [0, 0.05) is 25.0 Å². The normalized spacial score (nSPS) is 10.9. The smallest absolute Gasteiger partial charge is 0.167 e. The topological polar surface area (TPSA) is 156 Å². The fourth-order valence-electron chi connectivity index (χ4n) is 3.28. The lowest BCUT2D eigenvalue weighted by Crippen LogP contribution is -2.13. The summed E-state index contributed by atoms with van der Waals surface area (Å²) in [6.07, 6.45) is -0.486. The van der Waals surface area contributed by atoms with Crippen molar-refractivity contribution in [3.05, 3.63) is 71.3 Å². The summed E-state index contributed by atoms with van der Waals surface area (Å²) in [5, 5.41) is 58.2. The van der Waals surface area contributed by atoms with Crippen molar-refractivity contribution in [2.75, 3.05) is 0 Å². The first-order valence-electron chi connectivity index (χ1n) is 9.28. The first-order chi connectivity index (χ1) is 14.7. The monoisotopic (exact) mass is 424 g/mol. The van der Waals surface area contributed by atoms with Crippen molar-refractivity contribution in [2.24, 2.45) is 0 Å². The van der Waals surface area contributed by atoms with E-state index in [1.54, 1.807) is 0 Å². The van der Waals surface area contributed by atoms with Gasteiger partial charge in [0.1, 0.15) is 23.0 Å². The number of aromatic hydroxyl groups is 6. The molecule has 0 aromatic heterocycles. The Morgan fingerprint density at radius 2 is 1.06 bits per heavy atom. The number of hydrogen-bond donors (Lipinski definition) is 6. The molecule has 0 atom stereocenters. The quantitative estimate of drug-likeness (QED) is 0.248. The van der Waals surface area contributed by atoms with Crippen LogP contribution in [0, 0.1) is 0 Å². The SMILES string of the molecule is O=C(CC(CC(=O)c1ccc(O)cc1O)c1ccc(O)c(O)c1)c1ccc(O)cc1O. The largest absolute Gasteiger partial charge is 0.508 e. The van der Waals surface area contributed by atoms with E-state index in [1.807, 2.05) is 0 Å². The van der Waals surface area contributed by atoms with Crippen molar-refractivity contribution < 1.29 is 40.2 Å². The highest BCUT2D eigenvalue weighted by Gasteiger charge is 2.25. The molecule has 0 fully saturated rings. The summed E-state index contributed by atoms with van der Waals surface area (Å²) in [6, 6.07) is 11.0. The number of hydrogen-bond acceptors (Lipinski definition) is 8. The summed E-state index contributed by atoms with van der Waals surface area (Å²) in [6.45, 7) is 0. The number of phenolic OH excluding ortho intramolecular Hbond substituents is 6. The summed E-state index contributed by atoms with van der Waals surface area (Å²) >= 11 is 0.